The molecule has 3 nitrogen and oxygen atoms in total. The molecule has 0 heterocycles. The minimum Gasteiger partial charge on any atom is -0.492 e. The van der Waals surface area contributed by atoms with Crippen LogP contribution in [0.3, 0.4) is 0 Å². The minimum absolute atomic E-state index is 0.0124. The lowest BCUT2D eigenvalue weighted by molar-refractivity contribution is 0.0692. The van der Waals surface area contributed by atoms with Crippen LogP contribution in [-0.4, -0.2) is 23.4 Å². The largest absolute Gasteiger partial charge is 0.492 e. The summed E-state index contributed by atoms with van der Waals surface area (Å²) in [6.45, 7) is 0.265. The Morgan fingerprint density at radius 3 is 2.76 bits per heavy atom. The zero-order valence-electron chi connectivity index (χ0n) is 10.9. The van der Waals surface area contributed by atoms with Gasteiger partial charge < -0.3 is 9.84 Å². The maximum Gasteiger partial charge on any atom is 0.339 e. The third-order valence-corrected chi connectivity index (χ3v) is 3.86. The first kappa shape index (κ1) is 15.7. The number of ether oxygens (including phenoxy) is 1. The average Bonchev–Trinajstić information content (AvgIpc) is 2.46. The van der Waals surface area contributed by atoms with Crippen molar-refractivity contribution in [2.75, 3.05) is 12.4 Å². The number of halogens is 2. The fraction of sp³-hybridized carbons (Fsp3) is 0.133. The van der Waals surface area contributed by atoms with Gasteiger partial charge in [-0.15, -0.1) is 11.8 Å². The van der Waals surface area contributed by atoms with Crippen LogP contribution in [0.5, 0.6) is 5.75 Å². The van der Waals surface area contributed by atoms with E-state index in [1.54, 1.807) is 24.3 Å². The van der Waals surface area contributed by atoms with Gasteiger partial charge in [0.05, 0.1) is 6.61 Å². The molecule has 0 aliphatic carbocycles. The van der Waals surface area contributed by atoms with Crippen LogP contribution in [0.4, 0.5) is 4.39 Å². The predicted octanol–water partition coefficient (Wildman–Crippen LogP) is 4.35. The van der Waals surface area contributed by atoms with Crippen LogP contribution in [0.1, 0.15) is 10.4 Å². The van der Waals surface area contributed by atoms with Crippen LogP contribution in [0.2, 0.25) is 5.02 Å². The van der Waals surface area contributed by atoms with E-state index >= 15 is 0 Å². The molecule has 0 atom stereocenters. The Kier molecular flexibility index (Phi) is 5.47. The lowest BCUT2D eigenvalue weighted by atomic mass is 10.2. The highest BCUT2D eigenvalue weighted by atomic mass is 35.5. The average molecular weight is 327 g/mol. The van der Waals surface area contributed by atoms with Crippen molar-refractivity contribution in [2.24, 2.45) is 0 Å². The molecule has 110 valence electrons. The summed E-state index contributed by atoms with van der Waals surface area (Å²) in [6.07, 6.45) is 0. The molecule has 1 N–H and O–H groups in total. The first-order chi connectivity index (χ1) is 10.1. The van der Waals surface area contributed by atoms with Gasteiger partial charge >= 0.3 is 5.97 Å². The number of hydrogen-bond acceptors (Lipinski definition) is 3. The minimum atomic E-state index is -1.10. The number of hydrogen-bond donors (Lipinski definition) is 1. The van der Waals surface area contributed by atoms with E-state index in [9.17, 15) is 9.18 Å². The van der Waals surface area contributed by atoms with Crippen molar-refractivity contribution in [1.82, 2.24) is 0 Å². The van der Waals surface area contributed by atoms with Gasteiger partial charge in [-0.25, -0.2) is 9.18 Å². The molecule has 0 aliphatic heterocycles. The van der Waals surface area contributed by atoms with Crippen LogP contribution < -0.4 is 4.74 Å². The summed E-state index contributed by atoms with van der Waals surface area (Å²) in [6, 6.07) is 10.9. The van der Waals surface area contributed by atoms with Crippen molar-refractivity contribution in [3.63, 3.8) is 0 Å². The quantitative estimate of drug-likeness (QED) is 0.633. The molecule has 2 aromatic rings. The second-order valence-electron chi connectivity index (χ2n) is 4.07. The van der Waals surface area contributed by atoms with E-state index in [0.29, 0.717) is 15.7 Å². The molecule has 0 aromatic heterocycles. The molecular formula is C15H12ClFO3S. The molecule has 0 fully saturated rings. The van der Waals surface area contributed by atoms with Gasteiger partial charge in [0.25, 0.3) is 0 Å². The third kappa shape index (κ3) is 4.37. The smallest absolute Gasteiger partial charge is 0.339 e. The first-order valence-electron chi connectivity index (χ1n) is 6.11. The summed E-state index contributed by atoms with van der Waals surface area (Å²) >= 11 is 7.07. The highest BCUT2D eigenvalue weighted by Crippen LogP contribution is 2.24. The number of benzene rings is 2. The fourth-order valence-electron chi connectivity index (χ4n) is 1.66. The lowest BCUT2D eigenvalue weighted by Gasteiger charge is -2.09. The van der Waals surface area contributed by atoms with Crippen LogP contribution in [0.15, 0.2) is 47.4 Å². The second kappa shape index (κ2) is 7.33. The summed E-state index contributed by atoms with van der Waals surface area (Å²) < 4.78 is 18.8. The summed E-state index contributed by atoms with van der Waals surface area (Å²) in [4.78, 5) is 11.6. The molecule has 0 spiro atoms. The Balaban J connectivity index is 1.92. The third-order valence-electron chi connectivity index (χ3n) is 2.61. The molecule has 0 saturated heterocycles. The van der Waals surface area contributed by atoms with Crippen molar-refractivity contribution in [1.29, 1.82) is 0 Å². The van der Waals surface area contributed by atoms with E-state index in [1.807, 2.05) is 0 Å². The Bertz CT molecular complexity index is 649. The van der Waals surface area contributed by atoms with Gasteiger partial charge in [0.2, 0.25) is 0 Å². The molecular weight excluding hydrogens is 315 g/mol. The standard InChI is InChI=1S/C15H12ClFO3S/c16-10-5-6-13(11(9-10)15(18)19)20-7-8-21-14-4-2-1-3-12(14)17/h1-6,9H,7-8H2,(H,18,19). The van der Waals surface area contributed by atoms with Crippen molar-refractivity contribution < 1.29 is 19.0 Å². The molecule has 6 heteroatoms. The Morgan fingerprint density at radius 1 is 1.29 bits per heavy atom. The van der Waals surface area contributed by atoms with E-state index in [1.165, 1.54) is 30.0 Å². The van der Waals surface area contributed by atoms with Gasteiger partial charge in [-0.1, -0.05) is 23.7 Å². The van der Waals surface area contributed by atoms with E-state index in [0.717, 1.165) is 0 Å². The molecule has 0 aliphatic rings. The maximum absolute atomic E-state index is 13.4. The first-order valence-corrected chi connectivity index (χ1v) is 7.47. The van der Waals surface area contributed by atoms with Crippen LogP contribution >= 0.6 is 23.4 Å². The normalized spacial score (nSPS) is 10.4. The lowest BCUT2D eigenvalue weighted by Crippen LogP contribution is -2.06. The molecule has 0 amide bonds. The van der Waals surface area contributed by atoms with Gasteiger partial charge in [0.1, 0.15) is 17.1 Å². The van der Waals surface area contributed by atoms with E-state index in [-0.39, 0.29) is 23.7 Å². The van der Waals surface area contributed by atoms with Crippen LogP contribution in [-0.2, 0) is 0 Å². The van der Waals surface area contributed by atoms with Crippen molar-refractivity contribution in [3.05, 3.63) is 58.9 Å². The Hall–Kier alpha value is -1.72. The predicted molar refractivity (Wildman–Crippen MR) is 81.0 cm³/mol. The number of thioether (sulfide) groups is 1. The van der Waals surface area contributed by atoms with E-state index in [4.69, 9.17) is 21.4 Å². The van der Waals surface area contributed by atoms with Gasteiger partial charge in [-0.2, -0.15) is 0 Å². The monoisotopic (exact) mass is 326 g/mol. The van der Waals surface area contributed by atoms with Gasteiger partial charge in [-0.3, -0.25) is 0 Å². The van der Waals surface area contributed by atoms with E-state index in [2.05, 4.69) is 0 Å². The molecule has 0 saturated carbocycles. The fourth-order valence-corrected chi connectivity index (χ4v) is 2.60. The summed E-state index contributed by atoms with van der Waals surface area (Å²) in [5.74, 6) is -0.627. The molecule has 0 radical (unpaired) electrons. The van der Waals surface area contributed by atoms with Crippen molar-refractivity contribution in [3.8, 4) is 5.75 Å². The number of carboxylic acid groups (broad SMARTS) is 1. The van der Waals surface area contributed by atoms with Crippen LogP contribution in [0, 0.1) is 5.82 Å². The van der Waals surface area contributed by atoms with Gasteiger partial charge in [0.15, 0.2) is 0 Å². The maximum atomic E-state index is 13.4. The number of carboxylic acids is 1. The highest BCUT2D eigenvalue weighted by molar-refractivity contribution is 7.99. The highest BCUT2D eigenvalue weighted by Gasteiger charge is 2.12. The van der Waals surface area contributed by atoms with E-state index < -0.39 is 5.97 Å². The molecule has 0 unspecified atom stereocenters. The SMILES string of the molecule is O=C(O)c1cc(Cl)ccc1OCCSc1ccccc1F. The Morgan fingerprint density at radius 2 is 2.05 bits per heavy atom. The molecule has 0 bridgehead atoms. The Labute approximate surface area is 130 Å². The van der Waals surface area contributed by atoms with Crippen molar-refractivity contribution in [2.45, 2.75) is 4.90 Å². The zero-order chi connectivity index (χ0) is 15.2. The number of carbonyl (C=O) groups is 1. The summed E-state index contributed by atoms with van der Waals surface area (Å²) in [7, 11) is 0. The summed E-state index contributed by atoms with van der Waals surface area (Å²) in [5.41, 5.74) is 0.0124. The van der Waals surface area contributed by atoms with Gasteiger partial charge in [0, 0.05) is 15.7 Å². The number of aromatic carboxylic acids is 1. The topological polar surface area (TPSA) is 46.5 Å². The van der Waals surface area contributed by atoms with Gasteiger partial charge in [-0.05, 0) is 30.3 Å². The van der Waals surface area contributed by atoms with Crippen LogP contribution in [0.25, 0.3) is 0 Å². The van der Waals surface area contributed by atoms with Crippen molar-refractivity contribution >= 4 is 29.3 Å². The number of rotatable bonds is 6. The molecule has 21 heavy (non-hydrogen) atoms. The molecule has 2 aromatic carbocycles. The molecule has 2 rings (SSSR count). The summed E-state index contributed by atoms with van der Waals surface area (Å²) in [5, 5.41) is 9.40. The second-order valence-corrected chi connectivity index (χ2v) is 5.65. The zero-order valence-corrected chi connectivity index (χ0v) is 12.5.